The fourth-order valence-corrected chi connectivity index (χ4v) is 2.93. The predicted molar refractivity (Wildman–Crippen MR) is 77.1 cm³/mol. The lowest BCUT2D eigenvalue weighted by molar-refractivity contribution is -0.125. The van der Waals surface area contributed by atoms with Crippen molar-refractivity contribution in [1.82, 2.24) is 5.32 Å². The zero-order valence-corrected chi connectivity index (χ0v) is 12.8. The first-order chi connectivity index (χ1) is 7.34. The standard InChI is InChI=1S/C12H25NOS2/c1-10(2)13-7-9-16-15-8-6-11(14)12(3,4)5/h10,13H,6-9H2,1-5H3. The van der Waals surface area contributed by atoms with Crippen LogP contribution >= 0.6 is 21.6 Å². The maximum Gasteiger partial charge on any atom is 0.139 e. The van der Waals surface area contributed by atoms with Crippen LogP contribution in [0.15, 0.2) is 0 Å². The molecule has 2 nitrogen and oxygen atoms in total. The Balaban J connectivity index is 3.31. The Bertz CT molecular complexity index is 200. The normalized spacial score (nSPS) is 12.1. The van der Waals surface area contributed by atoms with Crippen LogP contribution in [0.4, 0.5) is 0 Å². The summed E-state index contributed by atoms with van der Waals surface area (Å²) in [6, 6.07) is 0.563. The average molecular weight is 263 g/mol. The molecule has 0 unspecified atom stereocenters. The van der Waals surface area contributed by atoms with Crippen LogP contribution in [0.1, 0.15) is 41.0 Å². The molecule has 0 aromatic carbocycles. The molecule has 0 rings (SSSR count). The largest absolute Gasteiger partial charge is 0.314 e. The minimum atomic E-state index is -0.176. The van der Waals surface area contributed by atoms with Crippen LogP contribution in [-0.2, 0) is 4.79 Å². The maximum absolute atomic E-state index is 11.6. The molecule has 0 spiro atoms. The third kappa shape index (κ3) is 9.55. The third-order valence-corrected chi connectivity index (χ3v) is 4.48. The first-order valence-electron chi connectivity index (χ1n) is 5.85. The van der Waals surface area contributed by atoms with Crippen LogP contribution in [-0.4, -0.2) is 29.9 Å². The van der Waals surface area contributed by atoms with Crippen molar-refractivity contribution in [1.29, 1.82) is 0 Å². The van der Waals surface area contributed by atoms with Crippen molar-refractivity contribution in [2.75, 3.05) is 18.1 Å². The van der Waals surface area contributed by atoms with Gasteiger partial charge in [0.15, 0.2) is 0 Å². The van der Waals surface area contributed by atoms with E-state index in [-0.39, 0.29) is 5.41 Å². The summed E-state index contributed by atoms with van der Waals surface area (Å²) < 4.78 is 0. The van der Waals surface area contributed by atoms with E-state index in [4.69, 9.17) is 0 Å². The number of hydrogen-bond acceptors (Lipinski definition) is 4. The molecule has 0 aliphatic heterocycles. The number of carbonyl (C=O) groups excluding carboxylic acids is 1. The molecule has 0 fully saturated rings. The summed E-state index contributed by atoms with van der Waals surface area (Å²) in [5, 5.41) is 3.37. The van der Waals surface area contributed by atoms with Crippen molar-refractivity contribution in [3.05, 3.63) is 0 Å². The first kappa shape index (κ1) is 16.3. The second-order valence-corrected chi connectivity index (χ2v) is 7.88. The van der Waals surface area contributed by atoms with Gasteiger partial charge in [0.2, 0.25) is 0 Å². The zero-order valence-electron chi connectivity index (χ0n) is 11.1. The first-order valence-corrected chi connectivity index (χ1v) is 8.34. The SMILES string of the molecule is CC(C)NCCSSCCC(=O)C(C)(C)C. The average Bonchev–Trinajstić information content (AvgIpc) is 2.14. The molecule has 0 amide bonds. The third-order valence-electron chi connectivity index (χ3n) is 2.07. The van der Waals surface area contributed by atoms with Gasteiger partial charge in [-0.15, -0.1) is 0 Å². The van der Waals surface area contributed by atoms with Gasteiger partial charge < -0.3 is 5.32 Å². The fourth-order valence-electron chi connectivity index (χ4n) is 1.02. The summed E-state index contributed by atoms with van der Waals surface area (Å²) in [6.45, 7) is 11.3. The minimum Gasteiger partial charge on any atom is -0.314 e. The Morgan fingerprint density at radius 1 is 1.19 bits per heavy atom. The van der Waals surface area contributed by atoms with Gasteiger partial charge in [-0.25, -0.2) is 0 Å². The highest BCUT2D eigenvalue weighted by Crippen LogP contribution is 2.24. The predicted octanol–water partition coefficient (Wildman–Crippen LogP) is 3.37. The topological polar surface area (TPSA) is 29.1 Å². The number of Topliss-reactive ketones (excluding diaryl/α,β-unsaturated/α-hetero) is 1. The summed E-state index contributed by atoms with van der Waals surface area (Å²) in [4.78, 5) is 11.6. The Morgan fingerprint density at radius 2 is 1.75 bits per heavy atom. The van der Waals surface area contributed by atoms with Gasteiger partial charge in [-0.05, 0) is 0 Å². The molecular formula is C12H25NOS2. The highest BCUT2D eigenvalue weighted by Gasteiger charge is 2.20. The molecule has 0 aromatic heterocycles. The summed E-state index contributed by atoms with van der Waals surface area (Å²) in [7, 11) is 3.65. The second-order valence-electron chi connectivity index (χ2n) is 5.18. The molecule has 0 bridgehead atoms. The Kier molecular flexibility index (Phi) is 8.60. The fraction of sp³-hybridized carbons (Fsp3) is 0.917. The molecule has 0 radical (unpaired) electrons. The van der Waals surface area contributed by atoms with E-state index in [0.29, 0.717) is 18.2 Å². The van der Waals surface area contributed by atoms with Crippen molar-refractivity contribution in [2.24, 2.45) is 5.41 Å². The van der Waals surface area contributed by atoms with E-state index in [1.54, 1.807) is 10.8 Å². The molecule has 4 heteroatoms. The lowest BCUT2D eigenvalue weighted by Crippen LogP contribution is -2.24. The van der Waals surface area contributed by atoms with E-state index in [1.165, 1.54) is 0 Å². The molecule has 0 aliphatic rings. The van der Waals surface area contributed by atoms with Gasteiger partial charge in [-0.3, -0.25) is 4.79 Å². The number of rotatable bonds is 8. The molecule has 0 saturated heterocycles. The zero-order chi connectivity index (χ0) is 12.6. The van der Waals surface area contributed by atoms with E-state index in [9.17, 15) is 4.79 Å². The smallest absolute Gasteiger partial charge is 0.139 e. The number of ketones is 1. The van der Waals surface area contributed by atoms with Crippen LogP contribution in [0, 0.1) is 5.41 Å². The van der Waals surface area contributed by atoms with Crippen LogP contribution in [0.25, 0.3) is 0 Å². The molecule has 0 aromatic rings. The molecular weight excluding hydrogens is 238 g/mol. The highest BCUT2D eigenvalue weighted by atomic mass is 33.1. The van der Waals surface area contributed by atoms with E-state index < -0.39 is 0 Å². The van der Waals surface area contributed by atoms with Gasteiger partial charge >= 0.3 is 0 Å². The molecule has 0 aliphatic carbocycles. The van der Waals surface area contributed by atoms with Gasteiger partial charge in [0, 0.05) is 35.9 Å². The number of nitrogens with one attached hydrogen (secondary N) is 1. The van der Waals surface area contributed by atoms with E-state index in [0.717, 1.165) is 18.1 Å². The highest BCUT2D eigenvalue weighted by molar-refractivity contribution is 8.76. The van der Waals surface area contributed by atoms with E-state index in [2.05, 4.69) is 19.2 Å². The van der Waals surface area contributed by atoms with Gasteiger partial charge in [-0.1, -0.05) is 56.2 Å². The van der Waals surface area contributed by atoms with Crippen LogP contribution in [0.3, 0.4) is 0 Å². The molecule has 96 valence electrons. The maximum atomic E-state index is 11.6. The Hall–Kier alpha value is 0.330. The second kappa shape index (κ2) is 8.43. The van der Waals surface area contributed by atoms with Crippen molar-refractivity contribution in [2.45, 2.75) is 47.1 Å². The van der Waals surface area contributed by atoms with Gasteiger partial charge in [0.05, 0.1) is 0 Å². The molecule has 1 N–H and O–H groups in total. The monoisotopic (exact) mass is 263 g/mol. The molecule has 0 saturated carbocycles. The Morgan fingerprint density at radius 3 is 2.25 bits per heavy atom. The van der Waals surface area contributed by atoms with Crippen molar-refractivity contribution in [3.63, 3.8) is 0 Å². The van der Waals surface area contributed by atoms with Crippen LogP contribution in [0.2, 0.25) is 0 Å². The number of carbonyl (C=O) groups is 1. The molecule has 16 heavy (non-hydrogen) atoms. The van der Waals surface area contributed by atoms with Crippen LogP contribution < -0.4 is 5.32 Å². The Labute approximate surface area is 108 Å². The van der Waals surface area contributed by atoms with Crippen molar-refractivity contribution < 1.29 is 4.79 Å². The summed E-state index contributed by atoms with van der Waals surface area (Å²) in [5.74, 6) is 2.40. The lowest BCUT2D eigenvalue weighted by Gasteiger charge is -2.15. The number of hydrogen-bond donors (Lipinski definition) is 1. The van der Waals surface area contributed by atoms with Gasteiger partial charge in [0.25, 0.3) is 0 Å². The van der Waals surface area contributed by atoms with Crippen molar-refractivity contribution in [3.8, 4) is 0 Å². The van der Waals surface area contributed by atoms with E-state index >= 15 is 0 Å². The lowest BCUT2D eigenvalue weighted by atomic mass is 9.89. The summed E-state index contributed by atoms with van der Waals surface area (Å²) in [6.07, 6.45) is 0.693. The van der Waals surface area contributed by atoms with Crippen LogP contribution in [0.5, 0.6) is 0 Å². The van der Waals surface area contributed by atoms with E-state index in [1.807, 2.05) is 31.6 Å². The summed E-state index contributed by atoms with van der Waals surface area (Å²) >= 11 is 0. The minimum absolute atomic E-state index is 0.176. The molecule has 0 heterocycles. The van der Waals surface area contributed by atoms with Crippen molar-refractivity contribution >= 4 is 27.4 Å². The molecule has 0 atom stereocenters. The quantitative estimate of drug-likeness (QED) is 0.537. The van der Waals surface area contributed by atoms with Gasteiger partial charge in [-0.2, -0.15) is 0 Å². The summed E-state index contributed by atoms with van der Waals surface area (Å²) in [5.41, 5.74) is -0.176. The van der Waals surface area contributed by atoms with Gasteiger partial charge in [0.1, 0.15) is 5.78 Å².